The first-order chi connectivity index (χ1) is 11.1. The molecule has 0 saturated heterocycles. The van der Waals surface area contributed by atoms with E-state index in [1.807, 2.05) is 36.3 Å². The molecule has 1 unspecified atom stereocenters. The molecule has 134 valence electrons. The third-order valence-corrected chi connectivity index (χ3v) is 3.51. The zero-order chi connectivity index (χ0) is 16.7. The second kappa shape index (κ2) is 10.3. The Morgan fingerprint density at radius 1 is 1.42 bits per heavy atom. The molecule has 2 heterocycles. The lowest BCUT2D eigenvalue weighted by Crippen LogP contribution is -2.41. The van der Waals surface area contributed by atoms with Gasteiger partial charge in [-0.1, -0.05) is 0 Å². The molecular weight excluding hydrogens is 419 g/mol. The summed E-state index contributed by atoms with van der Waals surface area (Å²) in [5, 5.41) is 10.9. The van der Waals surface area contributed by atoms with Crippen molar-refractivity contribution in [3.8, 4) is 0 Å². The molecule has 1 atom stereocenters. The first-order valence-corrected chi connectivity index (χ1v) is 7.79. The molecule has 24 heavy (non-hydrogen) atoms. The van der Waals surface area contributed by atoms with Gasteiger partial charge < -0.3 is 20.0 Å². The molecule has 2 aromatic rings. The largest absolute Gasteiger partial charge is 0.467 e. The first kappa shape index (κ1) is 20.5. The van der Waals surface area contributed by atoms with E-state index in [0.717, 1.165) is 24.8 Å². The van der Waals surface area contributed by atoms with Crippen LogP contribution < -0.4 is 10.6 Å². The van der Waals surface area contributed by atoms with Crippen molar-refractivity contribution in [2.24, 2.45) is 12.0 Å². The van der Waals surface area contributed by atoms with Gasteiger partial charge in [-0.05, 0) is 33.2 Å². The number of nitrogens with one attached hydrogen (secondary N) is 2. The van der Waals surface area contributed by atoms with Gasteiger partial charge in [0.15, 0.2) is 5.96 Å². The molecule has 7 nitrogen and oxygen atoms in total. The number of hydrogen-bond acceptors (Lipinski definition) is 4. The van der Waals surface area contributed by atoms with Crippen molar-refractivity contribution < 1.29 is 4.42 Å². The molecule has 0 amide bonds. The fraction of sp³-hybridized carbons (Fsp3) is 0.500. The van der Waals surface area contributed by atoms with Crippen LogP contribution in [0.2, 0.25) is 0 Å². The monoisotopic (exact) mass is 446 g/mol. The van der Waals surface area contributed by atoms with Crippen LogP contribution in [0.5, 0.6) is 0 Å². The van der Waals surface area contributed by atoms with E-state index in [1.54, 1.807) is 6.26 Å². The summed E-state index contributed by atoms with van der Waals surface area (Å²) in [5.41, 5.74) is 1.17. The van der Waals surface area contributed by atoms with Crippen LogP contribution >= 0.6 is 24.0 Å². The Hall–Kier alpha value is -1.55. The van der Waals surface area contributed by atoms with E-state index in [1.165, 1.54) is 5.56 Å². The molecule has 0 aliphatic carbocycles. The minimum Gasteiger partial charge on any atom is -0.467 e. The Kier molecular flexibility index (Phi) is 8.83. The summed E-state index contributed by atoms with van der Waals surface area (Å²) in [6, 6.07) is 4.01. The van der Waals surface area contributed by atoms with Crippen LogP contribution in [0.4, 0.5) is 0 Å². The lowest BCUT2D eigenvalue weighted by Gasteiger charge is -2.24. The molecule has 0 fully saturated rings. The van der Waals surface area contributed by atoms with E-state index in [2.05, 4.69) is 46.6 Å². The molecule has 2 rings (SSSR count). The van der Waals surface area contributed by atoms with Gasteiger partial charge in [0.05, 0.1) is 18.5 Å². The lowest BCUT2D eigenvalue weighted by molar-refractivity contribution is 0.298. The molecule has 2 N–H and O–H groups in total. The molecular formula is C16H27IN6O. The first-order valence-electron chi connectivity index (χ1n) is 7.79. The van der Waals surface area contributed by atoms with Crippen molar-refractivity contribution in [1.29, 1.82) is 0 Å². The second-order valence-corrected chi connectivity index (χ2v) is 5.58. The summed E-state index contributed by atoms with van der Waals surface area (Å²) in [4.78, 5) is 6.71. The van der Waals surface area contributed by atoms with Crippen LogP contribution in [0.25, 0.3) is 0 Å². The highest BCUT2D eigenvalue weighted by molar-refractivity contribution is 14.0. The summed E-state index contributed by atoms with van der Waals surface area (Å²) < 4.78 is 7.14. The molecule has 8 heteroatoms. The van der Waals surface area contributed by atoms with Crippen LogP contribution in [0.3, 0.4) is 0 Å². The molecule has 0 saturated carbocycles. The summed E-state index contributed by atoms with van der Waals surface area (Å²) in [5.74, 6) is 1.62. The Bertz CT molecular complexity index is 608. The van der Waals surface area contributed by atoms with Gasteiger partial charge in [-0.2, -0.15) is 5.10 Å². The normalized spacial score (nSPS) is 12.8. The third kappa shape index (κ3) is 6.16. The number of aromatic nitrogens is 2. The highest BCUT2D eigenvalue weighted by Crippen LogP contribution is 2.16. The van der Waals surface area contributed by atoms with Crippen molar-refractivity contribution in [3.05, 3.63) is 42.1 Å². The number of nitrogens with zero attached hydrogens (tertiary/aromatic N) is 4. The maximum Gasteiger partial charge on any atom is 0.191 e. The van der Waals surface area contributed by atoms with Crippen molar-refractivity contribution in [3.63, 3.8) is 0 Å². The summed E-state index contributed by atoms with van der Waals surface area (Å²) in [6.07, 6.45) is 5.61. The van der Waals surface area contributed by atoms with Gasteiger partial charge in [-0.25, -0.2) is 4.99 Å². The number of furan rings is 1. The van der Waals surface area contributed by atoms with Gasteiger partial charge >= 0.3 is 0 Å². The van der Waals surface area contributed by atoms with Gasteiger partial charge in [0, 0.05) is 31.9 Å². The lowest BCUT2D eigenvalue weighted by atomic mass is 10.1. The molecule has 0 bridgehead atoms. The Morgan fingerprint density at radius 2 is 2.21 bits per heavy atom. The number of likely N-dealkylation sites (N-methyl/N-ethyl adjacent to an activating group) is 1. The van der Waals surface area contributed by atoms with E-state index in [0.29, 0.717) is 6.54 Å². The van der Waals surface area contributed by atoms with Gasteiger partial charge in [0.1, 0.15) is 12.3 Å². The van der Waals surface area contributed by atoms with Gasteiger partial charge in [-0.15, -0.1) is 24.0 Å². The Morgan fingerprint density at radius 3 is 2.75 bits per heavy atom. The highest BCUT2D eigenvalue weighted by atomic mass is 127. The molecule has 0 aliphatic rings. The van der Waals surface area contributed by atoms with Crippen molar-refractivity contribution in [2.75, 3.05) is 27.2 Å². The van der Waals surface area contributed by atoms with Crippen molar-refractivity contribution >= 4 is 29.9 Å². The minimum atomic E-state index is 0. The maximum atomic E-state index is 5.32. The predicted molar refractivity (Wildman–Crippen MR) is 107 cm³/mol. The zero-order valence-electron chi connectivity index (χ0n) is 14.7. The molecule has 0 radical (unpaired) electrons. The molecule has 2 aromatic heterocycles. The topological polar surface area (TPSA) is 70.6 Å². The van der Waals surface area contributed by atoms with Gasteiger partial charge in [-0.3, -0.25) is 4.68 Å². The van der Waals surface area contributed by atoms with Crippen LogP contribution in [0.15, 0.2) is 40.2 Å². The number of guanidine groups is 1. The van der Waals surface area contributed by atoms with E-state index in [4.69, 9.17) is 4.42 Å². The minimum absolute atomic E-state index is 0. The smallest absolute Gasteiger partial charge is 0.191 e. The summed E-state index contributed by atoms with van der Waals surface area (Å²) in [6.45, 7) is 4.11. The number of rotatable bonds is 7. The van der Waals surface area contributed by atoms with Gasteiger partial charge in [0.25, 0.3) is 0 Å². The van der Waals surface area contributed by atoms with E-state index >= 15 is 0 Å². The van der Waals surface area contributed by atoms with E-state index in [-0.39, 0.29) is 30.0 Å². The van der Waals surface area contributed by atoms with Crippen LogP contribution in [-0.2, 0) is 13.6 Å². The Balaban J connectivity index is 0.00000288. The number of aryl methyl sites for hydroxylation is 1. The molecule has 0 aromatic carbocycles. The van der Waals surface area contributed by atoms with E-state index < -0.39 is 0 Å². The average molecular weight is 446 g/mol. The standard InChI is InChI=1S/C16H26N6O.HI/c1-5-17-16(18-10-14-7-6-8-23-14)19-11-15(21(2)3)13-9-20-22(4)12-13;/h6-9,12,15H,5,10-11H2,1-4H3,(H2,17,18,19);1H. The second-order valence-electron chi connectivity index (χ2n) is 5.58. The quantitative estimate of drug-likeness (QED) is 0.387. The fourth-order valence-corrected chi connectivity index (χ4v) is 2.31. The van der Waals surface area contributed by atoms with E-state index in [9.17, 15) is 0 Å². The van der Waals surface area contributed by atoms with Crippen LogP contribution in [0, 0.1) is 0 Å². The number of aliphatic imine (C=N–C) groups is 1. The average Bonchev–Trinajstić information content (AvgIpc) is 3.16. The maximum absolute atomic E-state index is 5.32. The predicted octanol–water partition coefficient (Wildman–Crippen LogP) is 1.99. The zero-order valence-corrected chi connectivity index (χ0v) is 17.0. The Labute approximate surface area is 160 Å². The molecule has 0 spiro atoms. The SMILES string of the molecule is CCNC(=NCc1ccco1)NCC(c1cnn(C)c1)N(C)C.I. The number of hydrogen-bond donors (Lipinski definition) is 2. The van der Waals surface area contributed by atoms with Crippen molar-refractivity contribution in [2.45, 2.75) is 19.5 Å². The third-order valence-electron chi connectivity index (χ3n) is 3.51. The fourth-order valence-electron chi connectivity index (χ4n) is 2.31. The van der Waals surface area contributed by atoms with Crippen LogP contribution in [-0.4, -0.2) is 47.8 Å². The molecule has 0 aliphatic heterocycles. The summed E-state index contributed by atoms with van der Waals surface area (Å²) >= 11 is 0. The van der Waals surface area contributed by atoms with Crippen molar-refractivity contribution in [1.82, 2.24) is 25.3 Å². The van der Waals surface area contributed by atoms with Crippen LogP contribution in [0.1, 0.15) is 24.3 Å². The summed E-state index contributed by atoms with van der Waals surface area (Å²) in [7, 11) is 6.05. The van der Waals surface area contributed by atoms with Gasteiger partial charge in [0.2, 0.25) is 0 Å². The highest BCUT2D eigenvalue weighted by Gasteiger charge is 2.16. The number of halogens is 1.